The molecule has 0 aliphatic rings. The summed E-state index contributed by atoms with van der Waals surface area (Å²) >= 11 is 3.46. The first-order chi connectivity index (χ1) is 7.49. The highest BCUT2D eigenvalue weighted by molar-refractivity contribution is 9.10. The average Bonchev–Trinajstić information content (AvgIpc) is 2.16. The van der Waals surface area contributed by atoms with Gasteiger partial charge in [0, 0.05) is 39.4 Å². The molecule has 4 heteroatoms. The molecule has 0 heterocycles. The Morgan fingerprint density at radius 2 is 2.12 bits per heavy atom. The van der Waals surface area contributed by atoms with Crippen molar-refractivity contribution in [2.75, 3.05) is 12.0 Å². The summed E-state index contributed by atoms with van der Waals surface area (Å²) in [6.07, 6.45) is 1.74. The standard InChI is InChI=1S/C12H18BrNOS/c1-9(8-16(3)15)14-10(2)11-5-4-6-12(13)7-11/h4-7,9-10,14H,8H2,1-3H3. The molecule has 2 nitrogen and oxygen atoms in total. The Balaban J connectivity index is 2.58. The van der Waals surface area contributed by atoms with Crippen molar-refractivity contribution in [1.29, 1.82) is 0 Å². The van der Waals surface area contributed by atoms with Gasteiger partial charge in [-0.15, -0.1) is 0 Å². The normalized spacial score (nSPS) is 16.8. The van der Waals surface area contributed by atoms with Crippen LogP contribution >= 0.6 is 15.9 Å². The highest BCUT2D eigenvalue weighted by Gasteiger charge is 2.10. The molecule has 0 spiro atoms. The molecule has 90 valence electrons. The fourth-order valence-corrected chi connectivity index (χ4v) is 2.92. The molecule has 0 amide bonds. The summed E-state index contributed by atoms with van der Waals surface area (Å²) in [4.78, 5) is 0. The van der Waals surface area contributed by atoms with Crippen LogP contribution in [0.3, 0.4) is 0 Å². The number of hydrogen-bond donors (Lipinski definition) is 1. The van der Waals surface area contributed by atoms with E-state index in [1.807, 2.05) is 12.1 Å². The highest BCUT2D eigenvalue weighted by atomic mass is 79.9. The van der Waals surface area contributed by atoms with E-state index < -0.39 is 10.8 Å². The van der Waals surface area contributed by atoms with Crippen molar-refractivity contribution in [2.24, 2.45) is 0 Å². The molecule has 0 bridgehead atoms. The van der Waals surface area contributed by atoms with Gasteiger partial charge in [0.05, 0.1) is 0 Å². The van der Waals surface area contributed by atoms with Crippen molar-refractivity contribution in [3.8, 4) is 0 Å². The zero-order valence-corrected chi connectivity index (χ0v) is 12.3. The third-order valence-electron chi connectivity index (χ3n) is 2.37. The number of nitrogens with one attached hydrogen (secondary N) is 1. The van der Waals surface area contributed by atoms with Crippen LogP contribution in [0, 0.1) is 0 Å². The molecule has 1 aromatic rings. The minimum absolute atomic E-state index is 0.264. The van der Waals surface area contributed by atoms with E-state index >= 15 is 0 Å². The Morgan fingerprint density at radius 1 is 1.44 bits per heavy atom. The van der Waals surface area contributed by atoms with E-state index in [1.165, 1.54) is 5.56 Å². The lowest BCUT2D eigenvalue weighted by molar-refractivity contribution is 0.508. The molecule has 3 unspecified atom stereocenters. The van der Waals surface area contributed by atoms with Crippen LogP contribution in [0.5, 0.6) is 0 Å². The van der Waals surface area contributed by atoms with E-state index in [2.05, 4.69) is 47.2 Å². The minimum atomic E-state index is -0.745. The zero-order chi connectivity index (χ0) is 12.1. The number of rotatable bonds is 5. The van der Waals surface area contributed by atoms with Gasteiger partial charge in [0.1, 0.15) is 0 Å². The molecule has 0 saturated heterocycles. The van der Waals surface area contributed by atoms with Crippen LogP contribution in [0.1, 0.15) is 25.5 Å². The Morgan fingerprint density at radius 3 is 2.69 bits per heavy atom. The van der Waals surface area contributed by atoms with Gasteiger partial charge in [0.15, 0.2) is 0 Å². The second-order valence-corrected chi connectivity index (χ2v) is 6.48. The molecule has 0 aliphatic carbocycles. The van der Waals surface area contributed by atoms with E-state index in [9.17, 15) is 4.21 Å². The molecule has 1 rings (SSSR count). The Bertz CT molecular complexity index is 370. The van der Waals surface area contributed by atoms with E-state index in [4.69, 9.17) is 0 Å². The van der Waals surface area contributed by atoms with E-state index in [0.717, 1.165) is 4.47 Å². The van der Waals surface area contributed by atoms with Crippen molar-refractivity contribution in [3.63, 3.8) is 0 Å². The maximum absolute atomic E-state index is 11.1. The van der Waals surface area contributed by atoms with Crippen LogP contribution in [0.4, 0.5) is 0 Å². The summed E-state index contributed by atoms with van der Waals surface area (Å²) in [5, 5.41) is 3.44. The van der Waals surface area contributed by atoms with Gasteiger partial charge < -0.3 is 5.32 Å². The smallest absolute Gasteiger partial charge is 0.0383 e. The molecule has 16 heavy (non-hydrogen) atoms. The fourth-order valence-electron chi connectivity index (χ4n) is 1.70. The summed E-state index contributed by atoms with van der Waals surface area (Å²) < 4.78 is 12.2. The van der Waals surface area contributed by atoms with Crippen LogP contribution < -0.4 is 5.32 Å². The van der Waals surface area contributed by atoms with Gasteiger partial charge in [0.25, 0.3) is 0 Å². The van der Waals surface area contributed by atoms with E-state index in [1.54, 1.807) is 6.26 Å². The fraction of sp³-hybridized carbons (Fsp3) is 0.500. The molecule has 1 aromatic carbocycles. The maximum Gasteiger partial charge on any atom is 0.0383 e. The van der Waals surface area contributed by atoms with Gasteiger partial charge in [-0.3, -0.25) is 4.21 Å². The SMILES string of the molecule is CC(CS(C)=O)NC(C)c1cccc(Br)c1. The summed E-state index contributed by atoms with van der Waals surface area (Å²) in [6.45, 7) is 4.19. The van der Waals surface area contributed by atoms with Crippen LogP contribution in [0.25, 0.3) is 0 Å². The first-order valence-electron chi connectivity index (χ1n) is 5.30. The van der Waals surface area contributed by atoms with Crippen molar-refractivity contribution in [3.05, 3.63) is 34.3 Å². The van der Waals surface area contributed by atoms with Gasteiger partial charge in [-0.25, -0.2) is 0 Å². The van der Waals surface area contributed by atoms with Crippen molar-refractivity contribution >= 4 is 26.7 Å². The number of benzene rings is 1. The quantitative estimate of drug-likeness (QED) is 0.906. The Kier molecular flexibility index (Phi) is 5.66. The molecule has 0 fully saturated rings. The highest BCUT2D eigenvalue weighted by Crippen LogP contribution is 2.18. The third kappa shape index (κ3) is 4.76. The lowest BCUT2D eigenvalue weighted by Gasteiger charge is -2.19. The predicted octanol–water partition coefficient (Wildman–Crippen LogP) is 2.87. The lowest BCUT2D eigenvalue weighted by atomic mass is 10.1. The van der Waals surface area contributed by atoms with Crippen molar-refractivity contribution < 1.29 is 4.21 Å². The number of halogens is 1. The molecule has 0 saturated carbocycles. The summed E-state index contributed by atoms with van der Waals surface area (Å²) in [6, 6.07) is 8.78. The summed E-state index contributed by atoms with van der Waals surface area (Å²) in [5.41, 5.74) is 1.24. The number of hydrogen-bond acceptors (Lipinski definition) is 2. The molecular weight excluding hydrogens is 286 g/mol. The molecule has 0 aromatic heterocycles. The Hall–Kier alpha value is -0.190. The third-order valence-corrected chi connectivity index (χ3v) is 3.83. The first-order valence-corrected chi connectivity index (χ1v) is 7.82. The van der Waals surface area contributed by atoms with Gasteiger partial charge in [-0.05, 0) is 31.5 Å². The van der Waals surface area contributed by atoms with Crippen LogP contribution in [-0.4, -0.2) is 22.3 Å². The lowest BCUT2D eigenvalue weighted by Crippen LogP contribution is -2.33. The molecule has 1 N–H and O–H groups in total. The van der Waals surface area contributed by atoms with Crippen LogP contribution in [0.2, 0.25) is 0 Å². The van der Waals surface area contributed by atoms with E-state index in [0.29, 0.717) is 5.75 Å². The first kappa shape index (κ1) is 13.9. The van der Waals surface area contributed by atoms with E-state index in [-0.39, 0.29) is 12.1 Å². The van der Waals surface area contributed by atoms with Gasteiger partial charge in [-0.2, -0.15) is 0 Å². The Labute approximate surface area is 108 Å². The molecule has 3 atom stereocenters. The molecular formula is C12H18BrNOS. The topological polar surface area (TPSA) is 29.1 Å². The monoisotopic (exact) mass is 303 g/mol. The molecule has 0 radical (unpaired) electrons. The average molecular weight is 304 g/mol. The van der Waals surface area contributed by atoms with Crippen LogP contribution in [-0.2, 0) is 10.8 Å². The van der Waals surface area contributed by atoms with Crippen molar-refractivity contribution in [1.82, 2.24) is 5.32 Å². The minimum Gasteiger partial charge on any atom is -0.307 e. The largest absolute Gasteiger partial charge is 0.307 e. The van der Waals surface area contributed by atoms with Gasteiger partial charge in [-0.1, -0.05) is 28.1 Å². The maximum atomic E-state index is 11.1. The second-order valence-electron chi connectivity index (χ2n) is 4.08. The summed E-state index contributed by atoms with van der Waals surface area (Å²) in [5.74, 6) is 0.693. The predicted molar refractivity (Wildman–Crippen MR) is 74.1 cm³/mol. The van der Waals surface area contributed by atoms with Gasteiger partial charge >= 0.3 is 0 Å². The zero-order valence-electron chi connectivity index (χ0n) is 9.87. The van der Waals surface area contributed by atoms with Gasteiger partial charge in [0.2, 0.25) is 0 Å². The van der Waals surface area contributed by atoms with Crippen molar-refractivity contribution in [2.45, 2.75) is 25.9 Å². The molecule has 0 aliphatic heterocycles. The second kappa shape index (κ2) is 6.52. The van der Waals surface area contributed by atoms with Crippen LogP contribution in [0.15, 0.2) is 28.7 Å². The summed E-state index contributed by atoms with van der Waals surface area (Å²) in [7, 11) is -0.745.